The third-order valence-electron chi connectivity index (χ3n) is 3.52. The fourth-order valence-corrected chi connectivity index (χ4v) is 2.25. The van der Waals surface area contributed by atoms with Crippen molar-refractivity contribution < 1.29 is 9.13 Å². The summed E-state index contributed by atoms with van der Waals surface area (Å²) >= 11 is 0. The van der Waals surface area contributed by atoms with E-state index >= 15 is 0 Å². The number of para-hydroxylation sites is 1. The van der Waals surface area contributed by atoms with Crippen LogP contribution in [0, 0.1) is 12.7 Å². The van der Waals surface area contributed by atoms with Crippen molar-refractivity contribution in [3.8, 4) is 5.75 Å². The Balaban J connectivity index is 2.16. The summed E-state index contributed by atoms with van der Waals surface area (Å²) in [4.78, 5) is 0. The van der Waals surface area contributed by atoms with Crippen LogP contribution in [-0.2, 0) is 20.1 Å². The van der Waals surface area contributed by atoms with E-state index in [0.29, 0.717) is 12.2 Å². The van der Waals surface area contributed by atoms with Gasteiger partial charge >= 0.3 is 0 Å². The van der Waals surface area contributed by atoms with E-state index < -0.39 is 0 Å². The van der Waals surface area contributed by atoms with Crippen LogP contribution < -0.4 is 10.5 Å². The molecule has 21 heavy (non-hydrogen) atoms. The largest absolute Gasteiger partial charge is 0.484 e. The van der Waals surface area contributed by atoms with Gasteiger partial charge in [-0.1, -0.05) is 19.1 Å². The molecule has 1 heterocycles. The Morgan fingerprint density at radius 3 is 2.81 bits per heavy atom. The van der Waals surface area contributed by atoms with E-state index in [2.05, 4.69) is 5.10 Å². The topological polar surface area (TPSA) is 53.1 Å². The summed E-state index contributed by atoms with van der Waals surface area (Å²) in [6.07, 6.45) is 1.45. The van der Waals surface area contributed by atoms with Crippen molar-refractivity contribution >= 4 is 0 Å². The SMILES string of the molecule is CCC(N)Cc1cccc(F)c1OCc1cc(C)nn1C. The van der Waals surface area contributed by atoms with E-state index in [4.69, 9.17) is 10.5 Å². The molecule has 0 aliphatic heterocycles. The van der Waals surface area contributed by atoms with Gasteiger partial charge < -0.3 is 10.5 Å². The number of hydrogen-bond acceptors (Lipinski definition) is 3. The van der Waals surface area contributed by atoms with Crippen molar-refractivity contribution in [2.24, 2.45) is 12.8 Å². The fourth-order valence-electron chi connectivity index (χ4n) is 2.25. The monoisotopic (exact) mass is 291 g/mol. The second-order valence-electron chi connectivity index (χ2n) is 5.29. The highest BCUT2D eigenvalue weighted by Crippen LogP contribution is 2.25. The number of nitrogens with zero attached hydrogens (tertiary/aromatic N) is 2. The lowest BCUT2D eigenvalue weighted by Crippen LogP contribution is -2.22. The van der Waals surface area contributed by atoms with Crippen LogP contribution in [0.1, 0.15) is 30.3 Å². The minimum Gasteiger partial charge on any atom is -0.484 e. The molecule has 2 aromatic rings. The average Bonchev–Trinajstić information content (AvgIpc) is 2.76. The summed E-state index contributed by atoms with van der Waals surface area (Å²) < 4.78 is 21.5. The second-order valence-corrected chi connectivity index (χ2v) is 5.29. The van der Waals surface area contributed by atoms with Gasteiger partial charge in [-0.25, -0.2) is 4.39 Å². The zero-order valence-electron chi connectivity index (χ0n) is 12.8. The van der Waals surface area contributed by atoms with Gasteiger partial charge in [0.15, 0.2) is 11.6 Å². The van der Waals surface area contributed by atoms with E-state index in [1.807, 2.05) is 33.0 Å². The molecule has 2 N–H and O–H groups in total. The third kappa shape index (κ3) is 3.82. The van der Waals surface area contributed by atoms with Crippen LogP contribution in [0.15, 0.2) is 24.3 Å². The Morgan fingerprint density at radius 2 is 2.19 bits per heavy atom. The molecule has 0 saturated carbocycles. The predicted molar refractivity (Wildman–Crippen MR) is 80.6 cm³/mol. The number of benzene rings is 1. The van der Waals surface area contributed by atoms with E-state index in [1.54, 1.807) is 10.7 Å². The molecular weight excluding hydrogens is 269 g/mol. The predicted octanol–water partition coefficient (Wildman–Crippen LogP) is 2.73. The summed E-state index contributed by atoms with van der Waals surface area (Å²) in [5, 5.41) is 4.25. The third-order valence-corrected chi connectivity index (χ3v) is 3.52. The molecule has 2 rings (SSSR count). The maximum atomic E-state index is 14.0. The molecule has 114 valence electrons. The van der Waals surface area contributed by atoms with Crippen molar-refractivity contribution in [3.05, 3.63) is 47.0 Å². The number of ether oxygens (including phenoxy) is 1. The number of aryl methyl sites for hydroxylation is 2. The number of hydrogen-bond donors (Lipinski definition) is 1. The lowest BCUT2D eigenvalue weighted by atomic mass is 10.0. The van der Waals surface area contributed by atoms with Gasteiger partial charge in [0.2, 0.25) is 0 Å². The molecule has 0 radical (unpaired) electrons. The Bertz CT molecular complexity index is 610. The normalized spacial score (nSPS) is 12.4. The van der Waals surface area contributed by atoms with Gasteiger partial charge in [0.05, 0.1) is 11.4 Å². The molecular formula is C16H22FN3O. The van der Waals surface area contributed by atoms with Crippen LogP contribution in [0.2, 0.25) is 0 Å². The van der Waals surface area contributed by atoms with Crippen LogP contribution in [0.4, 0.5) is 4.39 Å². The first-order valence-electron chi connectivity index (χ1n) is 7.16. The minimum absolute atomic E-state index is 0.00750. The summed E-state index contributed by atoms with van der Waals surface area (Å²) in [6, 6.07) is 6.90. The first-order valence-corrected chi connectivity index (χ1v) is 7.16. The van der Waals surface area contributed by atoms with Crippen molar-refractivity contribution in [3.63, 3.8) is 0 Å². The van der Waals surface area contributed by atoms with Gasteiger partial charge in [0.1, 0.15) is 6.61 Å². The minimum atomic E-state index is -0.352. The maximum Gasteiger partial charge on any atom is 0.165 e. The quantitative estimate of drug-likeness (QED) is 0.890. The van der Waals surface area contributed by atoms with Crippen LogP contribution in [0.5, 0.6) is 5.75 Å². The molecule has 0 aliphatic carbocycles. The van der Waals surface area contributed by atoms with Crippen LogP contribution in [0.3, 0.4) is 0 Å². The average molecular weight is 291 g/mol. The van der Waals surface area contributed by atoms with E-state index in [0.717, 1.165) is 23.4 Å². The Labute approximate surface area is 124 Å². The lowest BCUT2D eigenvalue weighted by Gasteiger charge is -2.15. The zero-order chi connectivity index (χ0) is 15.4. The van der Waals surface area contributed by atoms with Crippen molar-refractivity contribution in [2.75, 3.05) is 0 Å². The van der Waals surface area contributed by atoms with Crippen molar-refractivity contribution in [1.82, 2.24) is 9.78 Å². The Kier molecular flexibility index (Phi) is 4.96. The van der Waals surface area contributed by atoms with Crippen LogP contribution in [0.25, 0.3) is 0 Å². The summed E-state index contributed by atoms with van der Waals surface area (Å²) in [6.45, 7) is 4.22. The first kappa shape index (κ1) is 15.5. The lowest BCUT2D eigenvalue weighted by molar-refractivity contribution is 0.276. The molecule has 0 saturated heterocycles. The number of rotatable bonds is 6. The number of nitrogens with two attached hydrogens (primary N) is 1. The Morgan fingerprint density at radius 1 is 1.43 bits per heavy atom. The van der Waals surface area contributed by atoms with Gasteiger partial charge in [-0.15, -0.1) is 0 Å². The second kappa shape index (κ2) is 6.72. The van der Waals surface area contributed by atoms with Crippen LogP contribution >= 0.6 is 0 Å². The van der Waals surface area contributed by atoms with Gasteiger partial charge in [0.25, 0.3) is 0 Å². The smallest absolute Gasteiger partial charge is 0.165 e. The number of aromatic nitrogens is 2. The van der Waals surface area contributed by atoms with Crippen molar-refractivity contribution in [2.45, 2.75) is 39.3 Å². The Hall–Kier alpha value is -1.88. The molecule has 4 nitrogen and oxygen atoms in total. The molecule has 0 bridgehead atoms. The molecule has 5 heteroatoms. The van der Waals surface area contributed by atoms with Gasteiger partial charge in [-0.2, -0.15) is 5.10 Å². The molecule has 0 aliphatic rings. The van der Waals surface area contributed by atoms with Gasteiger partial charge in [-0.05, 0) is 37.5 Å². The molecule has 1 unspecified atom stereocenters. The van der Waals surface area contributed by atoms with Gasteiger partial charge in [-0.3, -0.25) is 4.68 Å². The van der Waals surface area contributed by atoms with E-state index in [-0.39, 0.29) is 18.5 Å². The molecule has 1 atom stereocenters. The molecule has 0 spiro atoms. The molecule has 0 amide bonds. The molecule has 1 aromatic carbocycles. The highest BCUT2D eigenvalue weighted by atomic mass is 19.1. The first-order chi connectivity index (χ1) is 10.0. The molecule has 1 aromatic heterocycles. The summed E-state index contributed by atoms with van der Waals surface area (Å²) in [5.74, 6) is -0.0602. The standard InChI is InChI=1S/C16H22FN3O/c1-4-13(18)9-12-6-5-7-15(17)16(12)21-10-14-8-11(2)19-20(14)3/h5-8,13H,4,9-10,18H2,1-3H3. The highest BCUT2D eigenvalue weighted by Gasteiger charge is 2.13. The highest BCUT2D eigenvalue weighted by molar-refractivity contribution is 5.35. The zero-order valence-corrected chi connectivity index (χ0v) is 12.8. The van der Waals surface area contributed by atoms with E-state index in [1.165, 1.54) is 6.07 Å². The molecule has 0 fully saturated rings. The summed E-state index contributed by atoms with van der Waals surface area (Å²) in [5.41, 5.74) is 8.59. The summed E-state index contributed by atoms with van der Waals surface area (Å²) in [7, 11) is 1.85. The number of halogens is 1. The maximum absolute atomic E-state index is 14.0. The van der Waals surface area contributed by atoms with E-state index in [9.17, 15) is 4.39 Å². The van der Waals surface area contributed by atoms with Crippen molar-refractivity contribution in [1.29, 1.82) is 0 Å². The fraction of sp³-hybridized carbons (Fsp3) is 0.438. The van der Waals surface area contributed by atoms with Crippen LogP contribution in [-0.4, -0.2) is 15.8 Å². The van der Waals surface area contributed by atoms with Gasteiger partial charge in [0, 0.05) is 13.1 Å².